The van der Waals surface area contributed by atoms with E-state index in [0.717, 1.165) is 164 Å². The van der Waals surface area contributed by atoms with Crippen molar-refractivity contribution in [3.63, 3.8) is 0 Å². The normalized spacial score (nSPS) is 15.1. The highest BCUT2D eigenvalue weighted by Crippen LogP contribution is 2.50. The molecule has 4 heterocycles. The molecule has 12 aromatic rings. The van der Waals surface area contributed by atoms with Crippen molar-refractivity contribution in [2.24, 2.45) is 0 Å². The number of fused-ring (bicyclic) bond motifs is 12. The molecule has 0 atom stereocenters. The van der Waals surface area contributed by atoms with Crippen LogP contribution in [0.5, 0.6) is 0 Å². The number of hydrogen-bond acceptors (Lipinski definition) is 2. The van der Waals surface area contributed by atoms with E-state index in [1.165, 1.54) is 33.4 Å². The van der Waals surface area contributed by atoms with Crippen LogP contribution in [-0.4, -0.2) is 18.3 Å². The van der Waals surface area contributed by atoms with E-state index in [0.29, 0.717) is 33.9 Å². The monoisotopic (exact) mass is 1100 g/mol. The minimum absolute atomic E-state index is 0.477. The van der Waals surface area contributed by atoms with Gasteiger partial charge in [0.05, 0.1) is 50.3 Å². The summed E-state index contributed by atoms with van der Waals surface area (Å²) in [6.07, 6.45) is 36.7. The van der Waals surface area contributed by atoms with Gasteiger partial charge in [-0.3, -0.25) is 0 Å². The number of hydrogen-bond donors (Lipinski definition) is 0. The van der Waals surface area contributed by atoms with E-state index >= 15 is 0 Å². The molecule has 0 saturated carbocycles. The topological polar surface area (TPSA) is 67.3 Å². The molecule has 408 valence electrons. The van der Waals surface area contributed by atoms with Crippen LogP contribution in [0.1, 0.15) is 101 Å². The van der Waals surface area contributed by atoms with E-state index < -0.39 is 0 Å². The fourth-order valence-electron chi connectivity index (χ4n) is 15.1. The summed E-state index contributed by atoms with van der Waals surface area (Å²) in [5.41, 5.74) is 24.7. The molecule has 6 heteroatoms. The maximum atomic E-state index is 13.0. The molecule has 0 N–H and O–H groups in total. The van der Waals surface area contributed by atoms with E-state index in [-0.39, 0.29) is 0 Å². The van der Waals surface area contributed by atoms with Crippen LogP contribution in [-0.2, 0) is 19.3 Å². The molecule has 5 aliphatic carbocycles. The molecule has 0 amide bonds. The van der Waals surface area contributed by atoms with Crippen molar-refractivity contribution >= 4 is 83.9 Å². The van der Waals surface area contributed by atoms with Crippen LogP contribution in [0.15, 0.2) is 212 Å². The van der Waals surface area contributed by atoms with Gasteiger partial charge in [0, 0.05) is 44.0 Å². The number of aryl methyl sites for hydroxylation is 3. The molecule has 6 nitrogen and oxygen atoms in total. The third-order valence-corrected chi connectivity index (χ3v) is 18.9. The molecule has 4 aromatic heterocycles. The van der Waals surface area contributed by atoms with Gasteiger partial charge in [-0.2, -0.15) is 10.5 Å². The summed E-state index contributed by atoms with van der Waals surface area (Å²) in [5.74, 6) is 0. The van der Waals surface area contributed by atoms with E-state index in [4.69, 9.17) is 0 Å². The number of rotatable bonds is 8. The van der Waals surface area contributed by atoms with Crippen molar-refractivity contribution in [2.75, 3.05) is 0 Å². The van der Waals surface area contributed by atoms with Gasteiger partial charge in [-0.25, -0.2) is 0 Å². The Hall–Kier alpha value is -10.7. The molecular weight excluding hydrogens is 1040 g/mol. The highest BCUT2D eigenvalue weighted by molar-refractivity contribution is 6.12. The Morgan fingerprint density at radius 3 is 1.08 bits per heavy atom. The number of aromatic nitrogens is 4. The second kappa shape index (κ2) is 20.0. The number of benzene rings is 8. The number of para-hydroxylation sites is 1. The van der Waals surface area contributed by atoms with Crippen LogP contribution in [0, 0.1) is 22.7 Å². The van der Waals surface area contributed by atoms with Gasteiger partial charge in [-0.05, 0) is 198 Å². The zero-order valence-electron chi connectivity index (χ0n) is 47.7. The first-order valence-electron chi connectivity index (χ1n) is 30.6. The molecule has 17 rings (SSSR count). The Balaban J connectivity index is 1.09. The standard InChI is InChI=1S/C80H58N6/c81-49-67-77(83-69-33-17-13-29-59(69)63-45-55(37-41-73(63)83)51-21-5-1-6-22-51)78(84-70-34-18-14-30-60(70)64-46-56(38-42-74(64)84)52-23-7-2-8-24-52)68(50-82)80(86-72-36-20-16-32-62(72)66-48-58(40-44-76(66)86)54-27-11-4-12-28-54)79(67)85-71-35-19-15-31-61(71)65-47-57(39-43-75(65)85)53-25-9-3-10-26-53/h1-2,5-9,11,15,17-28,31,33-48H,3-4,10,12-14,16,29-30,32H2. The molecule has 0 bridgehead atoms. The van der Waals surface area contributed by atoms with E-state index in [2.05, 4.69) is 261 Å². The second-order valence-corrected chi connectivity index (χ2v) is 23.6. The predicted molar refractivity (Wildman–Crippen MR) is 356 cm³/mol. The largest absolute Gasteiger partial charge is 0.306 e. The Labute approximate surface area is 499 Å². The zero-order chi connectivity index (χ0) is 57.0. The number of nitrogens with zero attached hydrogens (tertiary/aromatic N) is 6. The third kappa shape index (κ3) is 7.56. The van der Waals surface area contributed by atoms with Crippen LogP contribution in [0.3, 0.4) is 0 Å². The van der Waals surface area contributed by atoms with Gasteiger partial charge < -0.3 is 18.3 Å². The molecule has 86 heavy (non-hydrogen) atoms. The number of allylic oxidation sites excluding steroid dienone is 11. The lowest BCUT2D eigenvalue weighted by atomic mass is 9.95. The van der Waals surface area contributed by atoms with Gasteiger partial charge in [0.15, 0.2) is 0 Å². The number of nitriles is 2. The quantitative estimate of drug-likeness (QED) is 0.152. The van der Waals surface area contributed by atoms with Crippen molar-refractivity contribution < 1.29 is 0 Å². The first kappa shape index (κ1) is 49.9. The van der Waals surface area contributed by atoms with Crippen molar-refractivity contribution in [1.82, 2.24) is 18.3 Å². The van der Waals surface area contributed by atoms with Gasteiger partial charge >= 0.3 is 0 Å². The molecule has 0 spiro atoms. The summed E-state index contributed by atoms with van der Waals surface area (Å²) in [7, 11) is 0. The van der Waals surface area contributed by atoms with Crippen LogP contribution in [0.25, 0.3) is 129 Å². The molecule has 0 unspecified atom stereocenters. The van der Waals surface area contributed by atoms with Crippen LogP contribution >= 0.6 is 0 Å². The van der Waals surface area contributed by atoms with Crippen LogP contribution in [0.4, 0.5) is 0 Å². The van der Waals surface area contributed by atoms with E-state index in [1.807, 2.05) is 0 Å². The van der Waals surface area contributed by atoms with Crippen LogP contribution < -0.4 is 0 Å². The predicted octanol–water partition coefficient (Wildman–Crippen LogP) is 20.0. The minimum Gasteiger partial charge on any atom is -0.306 e. The molecule has 0 aliphatic heterocycles. The minimum atomic E-state index is 0.477. The van der Waals surface area contributed by atoms with Gasteiger partial charge in [0.1, 0.15) is 23.3 Å². The van der Waals surface area contributed by atoms with E-state index in [9.17, 15) is 10.5 Å². The third-order valence-electron chi connectivity index (χ3n) is 18.9. The lowest BCUT2D eigenvalue weighted by Gasteiger charge is -2.28. The Morgan fingerprint density at radius 2 is 0.651 bits per heavy atom. The smallest absolute Gasteiger partial charge is 0.104 e. The molecule has 0 fully saturated rings. The highest BCUT2D eigenvalue weighted by atomic mass is 15.1. The summed E-state index contributed by atoms with van der Waals surface area (Å²) in [6, 6.07) is 63.5. The SMILES string of the molecule is N#Cc1c(-n2c3c(c4cc(-c5ccccc5)ccc42)CCC=C3)c(-n2c3c(c4cc(-c5ccccc5)ccc42)CCC=C3)c(C#N)c(-n2c3ccccc3c3cc(C4=CCCC=C4)ccc32)c1-n1c2c(c3cc(C4=CCCC=C4)ccc31)CCC=C2. The Morgan fingerprint density at radius 1 is 0.291 bits per heavy atom. The zero-order valence-corrected chi connectivity index (χ0v) is 47.7. The van der Waals surface area contributed by atoms with Crippen molar-refractivity contribution in [3.8, 4) is 57.1 Å². The maximum absolute atomic E-state index is 13.0. The van der Waals surface area contributed by atoms with Gasteiger partial charge in [0.25, 0.3) is 0 Å². The average molecular weight is 1100 g/mol. The molecule has 0 saturated heterocycles. The highest BCUT2D eigenvalue weighted by Gasteiger charge is 2.37. The van der Waals surface area contributed by atoms with Gasteiger partial charge in [-0.1, -0.05) is 158 Å². The molecule has 5 aliphatic rings. The molecular formula is C80H58N6. The first-order valence-corrected chi connectivity index (χ1v) is 30.6. The Bertz CT molecular complexity index is 5230. The summed E-state index contributed by atoms with van der Waals surface area (Å²) in [4.78, 5) is 0. The lowest BCUT2D eigenvalue weighted by molar-refractivity contribution is 0.928. The van der Waals surface area contributed by atoms with Gasteiger partial charge in [-0.15, -0.1) is 0 Å². The maximum Gasteiger partial charge on any atom is 0.104 e. The summed E-state index contributed by atoms with van der Waals surface area (Å²) >= 11 is 0. The summed E-state index contributed by atoms with van der Waals surface area (Å²) in [6.45, 7) is 0. The fraction of sp³-hybridized carbons (Fsp3) is 0.125. The van der Waals surface area contributed by atoms with Crippen LogP contribution in [0.2, 0.25) is 0 Å². The lowest BCUT2D eigenvalue weighted by Crippen LogP contribution is -2.18. The van der Waals surface area contributed by atoms with Crippen molar-refractivity contribution in [2.45, 2.75) is 64.2 Å². The molecule has 0 radical (unpaired) electrons. The van der Waals surface area contributed by atoms with Crippen molar-refractivity contribution in [3.05, 3.63) is 268 Å². The Kier molecular flexibility index (Phi) is 11.6. The first-order chi connectivity index (χ1) is 42.6. The fourth-order valence-corrected chi connectivity index (χ4v) is 15.1. The van der Waals surface area contributed by atoms with Gasteiger partial charge in [0.2, 0.25) is 0 Å². The summed E-state index contributed by atoms with van der Waals surface area (Å²) < 4.78 is 9.46. The van der Waals surface area contributed by atoms with Crippen molar-refractivity contribution in [1.29, 1.82) is 10.5 Å². The average Bonchev–Trinajstić information content (AvgIpc) is 1.51. The second-order valence-electron chi connectivity index (χ2n) is 23.6. The summed E-state index contributed by atoms with van der Waals surface area (Å²) in [5, 5.41) is 31.7. The molecule has 8 aromatic carbocycles. The van der Waals surface area contributed by atoms with E-state index in [1.54, 1.807) is 0 Å².